The Morgan fingerprint density at radius 3 is 2.67 bits per heavy atom. The quantitative estimate of drug-likeness (QED) is 0.632. The largest absolute Gasteiger partial charge is 0.477 e. The van der Waals surface area contributed by atoms with Gasteiger partial charge in [0.15, 0.2) is 5.65 Å². The van der Waals surface area contributed by atoms with Gasteiger partial charge in [-0.05, 0) is 13.0 Å². The van der Waals surface area contributed by atoms with Crippen LogP contribution in [0.5, 0.6) is 5.88 Å². The molecular weight excluding hydrogens is 357 g/mol. The molecule has 3 aromatic rings. The average Bonchev–Trinajstić information content (AvgIpc) is 2.92. The lowest BCUT2D eigenvalue weighted by Gasteiger charge is -2.06. The Kier molecular flexibility index (Phi) is 4.41. The van der Waals surface area contributed by atoms with E-state index in [2.05, 4.69) is 25.3 Å². The number of hydrogen-bond acceptors (Lipinski definition) is 6. The number of halogens is 2. The van der Waals surface area contributed by atoms with E-state index in [0.29, 0.717) is 39.5 Å². The summed E-state index contributed by atoms with van der Waals surface area (Å²) in [6, 6.07) is 1.38. The molecule has 0 aliphatic carbocycles. The van der Waals surface area contributed by atoms with Crippen molar-refractivity contribution in [2.45, 2.75) is 6.92 Å². The second kappa shape index (κ2) is 6.50. The first-order chi connectivity index (χ1) is 11.5. The molecule has 0 radical (unpaired) electrons. The summed E-state index contributed by atoms with van der Waals surface area (Å²) < 4.78 is 5.26. The van der Waals surface area contributed by atoms with Crippen molar-refractivity contribution in [3.63, 3.8) is 0 Å². The summed E-state index contributed by atoms with van der Waals surface area (Å²) in [5.41, 5.74) is 1.09. The van der Waals surface area contributed by atoms with Gasteiger partial charge in [-0.25, -0.2) is 9.78 Å². The van der Waals surface area contributed by atoms with Crippen molar-refractivity contribution in [1.29, 1.82) is 0 Å². The fraction of sp³-hybridized carbons (Fsp3) is 0.143. The summed E-state index contributed by atoms with van der Waals surface area (Å²) in [6.45, 7) is 2.03. The zero-order chi connectivity index (χ0) is 17.3. The second-order valence-corrected chi connectivity index (χ2v) is 5.45. The standard InChI is InChI=1S/C14H11Cl2N5O3/c1-2-24-12-6(13(22)23)3-9-11(20-12)21-14(18-9)19-10-7(15)4-17-5-8(10)16/h3-5H,2H2,1H3,(H,22,23)(H2,17,18,19,20,21). The number of nitrogens with one attached hydrogen (secondary N) is 2. The number of nitrogens with zero attached hydrogens (tertiary/aromatic N) is 3. The number of rotatable bonds is 5. The van der Waals surface area contributed by atoms with Gasteiger partial charge in [0.1, 0.15) is 11.1 Å². The van der Waals surface area contributed by atoms with Crippen molar-refractivity contribution in [2.24, 2.45) is 0 Å². The van der Waals surface area contributed by atoms with Gasteiger partial charge in [0.05, 0.1) is 22.3 Å². The molecule has 3 rings (SSSR count). The molecule has 0 aliphatic rings. The number of pyridine rings is 2. The number of ether oxygens (including phenoxy) is 1. The summed E-state index contributed by atoms with van der Waals surface area (Å²) in [4.78, 5) is 26.5. The number of H-pyrrole nitrogens is 1. The van der Waals surface area contributed by atoms with Crippen LogP contribution in [0.3, 0.4) is 0 Å². The van der Waals surface area contributed by atoms with Crippen molar-refractivity contribution in [3.8, 4) is 5.88 Å². The van der Waals surface area contributed by atoms with Gasteiger partial charge in [0, 0.05) is 12.4 Å². The van der Waals surface area contributed by atoms with E-state index in [1.807, 2.05) is 0 Å². The zero-order valence-corrected chi connectivity index (χ0v) is 13.8. The van der Waals surface area contributed by atoms with Gasteiger partial charge >= 0.3 is 5.97 Å². The van der Waals surface area contributed by atoms with Gasteiger partial charge in [-0.2, -0.15) is 4.98 Å². The van der Waals surface area contributed by atoms with E-state index in [-0.39, 0.29) is 11.4 Å². The summed E-state index contributed by atoms with van der Waals surface area (Å²) in [7, 11) is 0. The predicted molar refractivity (Wildman–Crippen MR) is 89.6 cm³/mol. The van der Waals surface area contributed by atoms with E-state index >= 15 is 0 Å². The van der Waals surface area contributed by atoms with Gasteiger partial charge in [0.25, 0.3) is 0 Å². The highest BCUT2D eigenvalue weighted by Crippen LogP contribution is 2.31. The maximum atomic E-state index is 11.3. The molecule has 0 bridgehead atoms. The van der Waals surface area contributed by atoms with Crippen LogP contribution >= 0.6 is 23.2 Å². The van der Waals surface area contributed by atoms with Crippen LogP contribution in [0.25, 0.3) is 11.2 Å². The van der Waals surface area contributed by atoms with Gasteiger partial charge < -0.3 is 20.1 Å². The number of hydrogen-bond donors (Lipinski definition) is 3. The number of carboxylic acids is 1. The fourth-order valence-electron chi connectivity index (χ4n) is 2.03. The van der Waals surface area contributed by atoms with Crippen LogP contribution < -0.4 is 10.1 Å². The molecule has 0 saturated heterocycles. The average molecular weight is 368 g/mol. The first kappa shape index (κ1) is 16.3. The van der Waals surface area contributed by atoms with Gasteiger partial charge in [-0.1, -0.05) is 23.2 Å². The third-order valence-electron chi connectivity index (χ3n) is 3.04. The highest BCUT2D eigenvalue weighted by Gasteiger charge is 2.17. The number of imidazole rings is 1. The van der Waals surface area contributed by atoms with Gasteiger partial charge in [-0.15, -0.1) is 0 Å². The maximum Gasteiger partial charge on any atom is 0.341 e. The molecule has 0 amide bonds. The Morgan fingerprint density at radius 2 is 2.04 bits per heavy atom. The molecule has 0 spiro atoms. The minimum atomic E-state index is -1.15. The van der Waals surface area contributed by atoms with E-state index in [1.165, 1.54) is 18.5 Å². The third kappa shape index (κ3) is 3.06. The van der Waals surface area contributed by atoms with Crippen molar-refractivity contribution in [1.82, 2.24) is 19.9 Å². The first-order valence-electron chi connectivity index (χ1n) is 6.82. The molecule has 0 unspecified atom stereocenters. The fourth-order valence-corrected chi connectivity index (χ4v) is 2.49. The summed E-state index contributed by atoms with van der Waals surface area (Å²) >= 11 is 12.1. The molecule has 0 aromatic carbocycles. The number of fused-ring (bicyclic) bond motifs is 1. The van der Waals surface area contributed by atoms with Crippen molar-refractivity contribution in [2.75, 3.05) is 11.9 Å². The van der Waals surface area contributed by atoms with E-state index in [1.54, 1.807) is 6.92 Å². The smallest absolute Gasteiger partial charge is 0.341 e. The van der Waals surface area contributed by atoms with Crippen molar-refractivity contribution >= 4 is 52.0 Å². The summed E-state index contributed by atoms with van der Waals surface area (Å²) in [5.74, 6) is -0.823. The van der Waals surface area contributed by atoms with Gasteiger partial charge in [-0.3, -0.25) is 4.98 Å². The molecule has 0 fully saturated rings. The van der Waals surface area contributed by atoms with Crippen LogP contribution in [0.1, 0.15) is 17.3 Å². The van der Waals surface area contributed by atoms with Crippen LogP contribution in [0, 0.1) is 0 Å². The molecule has 10 heteroatoms. The Morgan fingerprint density at radius 1 is 1.33 bits per heavy atom. The topological polar surface area (TPSA) is 113 Å². The van der Waals surface area contributed by atoms with Crippen molar-refractivity contribution < 1.29 is 14.6 Å². The summed E-state index contributed by atoms with van der Waals surface area (Å²) in [5, 5.41) is 12.8. The van der Waals surface area contributed by atoms with Crippen molar-refractivity contribution in [3.05, 3.63) is 34.1 Å². The summed E-state index contributed by atoms with van der Waals surface area (Å²) in [6.07, 6.45) is 2.87. The molecule has 24 heavy (non-hydrogen) atoms. The lowest BCUT2D eigenvalue weighted by atomic mass is 10.2. The Hall–Kier alpha value is -2.58. The molecule has 3 heterocycles. The maximum absolute atomic E-state index is 11.3. The van der Waals surface area contributed by atoms with Crippen LogP contribution in [0.4, 0.5) is 11.6 Å². The molecule has 8 nitrogen and oxygen atoms in total. The highest BCUT2D eigenvalue weighted by molar-refractivity contribution is 6.39. The Bertz CT molecular complexity index is 908. The second-order valence-electron chi connectivity index (χ2n) is 4.64. The normalized spacial score (nSPS) is 10.8. The molecule has 3 N–H and O–H groups in total. The highest BCUT2D eigenvalue weighted by atomic mass is 35.5. The number of aromatic nitrogens is 4. The molecule has 0 aliphatic heterocycles. The van der Waals surface area contributed by atoms with Crippen LogP contribution in [0.2, 0.25) is 10.0 Å². The lowest BCUT2D eigenvalue weighted by Crippen LogP contribution is -2.05. The number of anilines is 2. The molecular formula is C14H11Cl2N5O3. The van der Waals surface area contributed by atoms with Gasteiger partial charge in [0.2, 0.25) is 11.8 Å². The number of carbonyl (C=O) groups is 1. The van der Waals surface area contributed by atoms with E-state index in [9.17, 15) is 9.90 Å². The molecule has 0 saturated carbocycles. The molecule has 124 valence electrons. The Balaban J connectivity index is 2.03. The number of aromatic amines is 1. The Labute approximate surface area is 145 Å². The molecule has 0 atom stereocenters. The van der Waals surface area contributed by atoms with E-state index < -0.39 is 5.97 Å². The predicted octanol–water partition coefficient (Wildman–Crippen LogP) is 3.50. The van der Waals surface area contributed by atoms with E-state index in [4.69, 9.17) is 27.9 Å². The van der Waals surface area contributed by atoms with Crippen LogP contribution in [-0.2, 0) is 0 Å². The van der Waals surface area contributed by atoms with Crippen LogP contribution in [-0.4, -0.2) is 37.6 Å². The number of carboxylic acid groups (broad SMARTS) is 1. The molecule has 3 aromatic heterocycles. The van der Waals surface area contributed by atoms with Crippen LogP contribution in [0.15, 0.2) is 18.5 Å². The van der Waals surface area contributed by atoms with E-state index in [0.717, 1.165) is 0 Å². The number of aromatic carboxylic acids is 1. The minimum absolute atomic E-state index is 0.0210. The third-order valence-corrected chi connectivity index (χ3v) is 3.62. The SMILES string of the molecule is CCOc1nc2[nH]c(Nc3c(Cl)cncc3Cl)nc2cc1C(=O)O. The minimum Gasteiger partial charge on any atom is -0.477 e. The first-order valence-corrected chi connectivity index (χ1v) is 7.58. The zero-order valence-electron chi connectivity index (χ0n) is 12.3. The monoisotopic (exact) mass is 367 g/mol. The lowest BCUT2D eigenvalue weighted by molar-refractivity contribution is 0.0692.